The molecule has 4 amide bonds. The highest BCUT2D eigenvalue weighted by Crippen LogP contribution is 2.26. The lowest BCUT2D eigenvalue weighted by Gasteiger charge is -2.15. The van der Waals surface area contributed by atoms with Gasteiger partial charge in [0, 0.05) is 56.5 Å². The molecule has 1 atom stereocenters. The lowest BCUT2D eigenvalue weighted by molar-refractivity contribution is -0.131. The Morgan fingerprint density at radius 1 is 0.810 bits per heavy atom. The van der Waals surface area contributed by atoms with E-state index >= 15 is 0 Å². The highest BCUT2D eigenvalue weighted by Gasteiger charge is 2.24. The van der Waals surface area contributed by atoms with Gasteiger partial charge in [-0.05, 0) is 76.8 Å². The number of carbonyl (C=O) groups excluding carboxylic acids is 4. The van der Waals surface area contributed by atoms with E-state index in [1.165, 1.54) is 12.1 Å². The van der Waals surface area contributed by atoms with Crippen LogP contribution in [0.3, 0.4) is 0 Å². The van der Waals surface area contributed by atoms with E-state index in [-0.39, 0.29) is 24.5 Å². The Bertz CT molecular complexity index is 1120. The van der Waals surface area contributed by atoms with Crippen molar-refractivity contribution in [3.05, 3.63) is 24.4 Å². The maximum atomic E-state index is 12.7. The first-order valence-corrected chi connectivity index (χ1v) is 14.8. The first-order chi connectivity index (χ1) is 20.3. The molecule has 1 unspecified atom stereocenters. The molecule has 0 aliphatic rings. The fraction of sp³-hybridized carbons (Fsp3) is 0.586. The molecule has 42 heavy (non-hydrogen) atoms. The Hall–Kier alpha value is -3.68. The van der Waals surface area contributed by atoms with Crippen LogP contribution in [-0.4, -0.2) is 79.5 Å². The number of phenolic OH excluding ortho intramolecular Hbond substituents is 1. The Labute approximate surface area is 247 Å². The van der Waals surface area contributed by atoms with Gasteiger partial charge in [0.05, 0.1) is 17.1 Å². The van der Waals surface area contributed by atoms with Gasteiger partial charge in [-0.2, -0.15) is 0 Å². The van der Waals surface area contributed by atoms with Crippen LogP contribution < -0.4 is 38.1 Å². The summed E-state index contributed by atoms with van der Waals surface area (Å²) in [6.07, 6.45) is 7.00. The summed E-state index contributed by atoms with van der Waals surface area (Å²) in [4.78, 5) is 51.8. The van der Waals surface area contributed by atoms with E-state index in [9.17, 15) is 24.3 Å². The maximum Gasteiger partial charge on any atom is 0.225 e. The zero-order valence-electron chi connectivity index (χ0n) is 24.4. The molecule has 2 rings (SSSR count). The summed E-state index contributed by atoms with van der Waals surface area (Å²) >= 11 is 0. The number of hydrogen-bond donors (Lipinski definition) is 9. The first kappa shape index (κ1) is 34.5. The van der Waals surface area contributed by atoms with Gasteiger partial charge in [-0.3, -0.25) is 19.2 Å². The topological polar surface area (TPSA) is 216 Å². The molecular formula is C29H48N8O5. The molecule has 2 aromatic rings. The second-order valence-corrected chi connectivity index (χ2v) is 10.4. The van der Waals surface area contributed by atoms with Gasteiger partial charge in [-0.25, -0.2) is 0 Å². The van der Waals surface area contributed by atoms with Crippen molar-refractivity contribution in [2.24, 2.45) is 17.4 Å². The van der Waals surface area contributed by atoms with Crippen molar-refractivity contribution < 1.29 is 24.3 Å². The molecule has 0 bridgehead atoms. The van der Waals surface area contributed by atoms with Gasteiger partial charge in [0.15, 0.2) is 0 Å². The zero-order valence-corrected chi connectivity index (χ0v) is 24.4. The lowest BCUT2D eigenvalue weighted by Crippen LogP contribution is -2.36. The Balaban J connectivity index is 1.55. The summed E-state index contributed by atoms with van der Waals surface area (Å²) in [5, 5.41) is 25.4. The normalized spacial score (nSPS) is 11.7. The number of anilines is 1. The minimum atomic E-state index is -0.886. The van der Waals surface area contributed by atoms with E-state index < -0.39 is 23.6 Å². The number of carbonyl (C=O) groups is 4. The van der Waals surface area contributed by atoms with Gasteiger partial charge in [0.1, 0.15) is 5.75 Å². The molecule has 1 aromatic heterocycles. The summed E-state index contributed by atoms with van der Waals surface area (Å²) in [6, 6.07) is 4.71. The van der Waals surface area contributed by atoms with Gasteiger partial charge in [0.2, 0.25) is 23.6 Å². The van der Waals surface area contributed by atoms with Crippen molar-refractivity contribution in [3.8, 4) is 5.75 Å². The van der Waals surface area contributed by atoms with E-state index in [0.717, 1.165) is 51.7 Å². The summed E-state index contributed by atoms with van der Waals surface area (Å²) in [6.45, 7) is 5.15. The summed E-state index contributed by atoms with van der Waals surface area (Å²) in [7, 11) is 0. The van der Waals surface area contributed by atoms with Crippen molar-refractivity contribution in [3.63, 3.8) is 0 Å². The quantitative estimate of drug-likeness (QED) is 0.0844. The molecule has 0 saturated carbocycles. The van der Waals surface area contributed by atoms with Crippen LogP contribution in [0.2, 0.25) is 0 Å². The van der Waals surface area contributed by atoms with Crippen molar-refractivity contribution in [2.45, 2.75) is 57.8 Å². The number of primary amides is 1. The second kappa shape index (κ2) is 20.2. The number of hydrogen-bond acceptors (Lipinski definition) is 8. The number of aromatic amines is 1. The number of fused-ring (bicyclic) bond motifs is 1. The highest BCUT2D eigenvalue weighted by molar-refractivity contribution is 6.03. The molecule has 1 heterocycles. The molecule has 0 saturated heterocycles. The maximum absolute atomic E-state index is 12.7. The van der Waals surface area contributed by atoms with Crippen LogP contribution in [0.4, 0.5) is 5.69 Å². The van der Waals surface area contributed by atoms with Crippen LogP contribution >= 0.6 is 0 Å². The summed E-state index contributed by atoms with van der Waals surface area (Å²) < 4.78 is 0. The van der Waals surface area contributed by atoms with Gasteiger partial charge in [-0.1, -0.05) is 0 Å². The third kappa shape index (κ3) is 14.3. The van der Waals surface area contributed by atoms with Crippen LogP contribution in [0.15, 0.2) is 24.4 Å². The molecule has 0 aliphatic carbocycles. The number of unbranched alkanes of at least 4 members (excludes halogenated alkanes) is 3. The Morgan fingerprint density at radius 3 is 2.19 bits per heavy atom. The molecule has 0 fully saturated rings. The number of nitrogens with two attached hydrogens (primary N) is 2. The number of amides is 4. The minimum Gasteiger partial charge on any atom is -0.508 e. The number of nitrogens with one attached hydrogen (secondary N) is 6. The summed E-state index contributed by atoms with van der Waals surface area (Å²) in [5.41, 5.74) is 11.9. The van der Waals surface area contributed by atoms with Gasteiger partial charge in [0.25, 0.3) is 0 Å². The van der Waals surface area contributed by atoms with E-state index in [1.807, 2.05) is 0 Å². The number of H-pyrrole nitrogens is 1. The molecule has 11 N–H and O–H groups in total. The predicted molar refractivity (Wildman–Crippen MR) is 164 cm³/mol. The number of rotatable bonds is 23. The SMILES string of the molecule is NCCCNCCCCNCCC(=O)NCCCCCNC(=O)C(CC(N)=O)CC(=O)Nc1c[nH]c2cc(O)ccc12. The minimum absolute atomic E-state index is 0.0117. The van der Waals surface area contributed by atoms with Crippen LogP contribution in [0.5, 0.6) is 5.75 Å². The first-order valence-electron chi connectivity index (χ1n) is 14.8. The number of aromatic nitrogens is 1. The van der Waals surface area contributed by atoms with Crippen molar-refractivity contribution >= 4 is 40.2 Å². The van der Waals surface area contributed by atoms with Gasteiger partial charge < -0.3 is 48.1 Å². The average Bonchev–Trinajstić information content (AvgIpc) is 3.33. The Morgan fingerprint density at radius 2 is 1.48 bits per heavy atom. The fourth-order valence-corrected chi connectivity index (χ4v) is 4.42. The van der Waals surface area contributed by atoms with Crippen molar-refractivity contribution in [1.82, 2.24) is 26.3 Å². The Kier molecular flexibility index (Phi) is 16.6. The van der Waals surface area contributed by atoms with Crippen molar-refractivity contribution in [1.29, 1.82) is 0 Å². The van der Waals surface area contributed by atoms with Crippen LogP contribution in [0.1, 0.15) is 57.8 Å². The second-order valence-electron chi connectivity index (χ2n) is 10.4. The highest BCUT2D eigenvalue weighted by atomic mass is 16.3. The number of aromatic hydroxyl groups is 1. The lowest BCUT2D eigenvalue weighted by atomic mass is 9.99. The molecular weight excluding hydrogens is 540 g/mol. The van der Waals surface area contributed by atoms with Gasteiger partial charge in [-0.15, -0.1) is 0 Å². The predicted octanol–water partition coefficient (Wildman–Crippen LogP) is 0.795. The van der Waals surface area contributed by atoms with E-state index in [2.05, 4.69) is 31.6 Å². The van der Waals surface area contributed by atoms with E-state index in [4.69, 9.17) is 11.5 Å². The van der Waals surface area contributed by atoms with Crippen LogP contribution in [0, 0.1) is 5.92 Å². The monoisotopic (exact) mass is 588 g/mol. The molecule has 234 valence electrons. The number of phenols is 1. The standard InChI is InChI=1S/C29H48N8O5/c30-10-6-13-32-11-4-5-12-33-16-9-27(40)34-14-2-1-3-15-35-29(42)21(17-26(31)39)18-28(41)37-25-20-36-24-19-22(38)7-8-23(24)25/h7-8,19-21,32-33,36,38H,1-6,9-18,30H2,(H2,31,39)(H,34,40)(H,35,42)(H,37,41). The van der Waals surface area contributed by atoms with E-state index in [1.54, 1.807) is 12.3 Å². The van der Waals surface area contributed by atoms with Crippen LogP contribution in [-0.2, 0) is 19.2 Å². The molecule has 0 aliphatic heterocycles. The fourth-order valence-electron chi connectivity index (χ4n) is 4.42. The summed E-state index contributed by atoms with van der Waals surface area (Å²) in [5.74, 6) is -2.28. The molecule has 1 aromatic carbocycles. The largest absolute Gasteiger partial charge is 0.508 e. The van der Waals surface area contributed by atoms with Gasteiger partial charge >= 0.3 is 0 Å². The molecule has 0 spiro atoms. The molecule has 13 nitrogen and oxygen atoms in total. The van der Waals surface area contributed by atoms with Crippen molar-refractivity contribution in [2.75, 3.05) is 51.1 Å². The molecule has 13 heteroatoms. The third-order valence-electron chi connectivity index (χ3n) is 6.71. The zero-order chi connectivity index (χ0) is 30.6. The number of benzene rings is 1. The molecule has 0 radical (unpaired) electrons. The van der Waals surface area contributed by atoms with E-state index in [0.29, 0.717) is 55.6 Å². The smallest absolute Gasteiger partial charge is 0.225 e. The third-order valence-corrected chi connectivity index (χ3v) is 6.71. The average molecular weight is 589 g/mol. The van der Waals surface area contributed by atoms with Crippen LogP contribution in [0.25, 0.3) is 10.9 Å².